The molecule has 3 aromatic carbocycles. The van der Waals surface area contributed by atoms with E-state index in [9.17, 15) is 19.2 Å². The zero-order valence-electron chi connectivity index (χ0n) is 24.5. The normalized spacial score (nSPS) is 27.3. The minimum Gasteiger partial charge on any atom is -0.497 e. The third-order valence-electron chi connectivity index (χ3n) is 9.77. The third-order valence-corrected chi connectivity index (χ3v) is 12.9. The Morgan fingerprint density at radius 3 is 2.46 bits per heavy atom. The molecule has 2 aliphatic heterocycles. The number of rotatable bonds is 7. The predicted molar refractivity (Wildman–Crippen MR) is 179 cm³/mol. The predicted octanol–water partition coefficient (Wildman–Crippen LogP) is 5.90. The SMILES string of the molecule is COc1ccc(NC(=O)COc2cccc([C@H]3c4sc(=O)[nH]c4SC4C5CC(C6C(=O)N(c7ccc(Br)cc7)C(=O)C56)C43)c2)cc1. The zero-order chi connectivity index (χ0) is 31.7. The lowest BCUT2D eigenvalue weighted by molar-refractivity contribution is -0.123. The largest absolute Gasteiger partial charge is 0.497 e. The van der Waals surface area contributed by atoms with Gasteiger partial charge in [-0.05, 0) is 90.4 Å². The molecule has 1 aromatic heterocycles. The van der Waals surface area contributed by atoms with Gasteiger partial charge < -0.3 is 19.8 Å². The summed E-state index contributed by atoms with van der Waals surface area (Å²) in [5.41, 5.74) is 2.20. The quantitative estimate of drug-likeness (QED) is 0.229. The molecule has 2 bridgehead atoms. The van der Waals surface area contributed by atoms with Gasteiger partial charge in [-0.25, -0.2) is 0 Å². The van der Waals surface area contributed by atoms with E-state index >= 15 is 0 Å². The van der Waals surface area contributed by atoms with E-state index < -0.39 is 0 Å². The maximum absolute atomic E-state index is 14.0. The van der Waals surface area contributed by atoms with E-state index in [-0.39, 0.29) is 70.0 Å². The van der Waals surface area contributed by atoms with E-state index in [2.05, 4.69) is 26.2 Å². The molecule has 12 heteroatoms. The Bertz CT molecular complexity index is 1930. The molecular formula is C34H28BrN3O6S2. The van der Waals surface area contributed by atoms with Gasteiger partial charge in [-0.2, -0.15) is 0 Å². The van der Waals surface area contributed by atoms with Crippen molar-refractivity contribution >= 4 is 68.1 Å². The fourth-order valence-electron chi connectivity index (χ4n) is 8.05. The van der Waals surface area contributed by atoms with Crippen molar-refractivity contribution in [2.75, 3.05) is 23.9 Å². The molecule has 4 aliphatic rings. The van der Waals surface area contributed by atoms with Crippen molar-refractivity contribution in [3.8, 4) is 11.5 Å². The van der Waals surface area contributed by atoms with Crippen molar-refractivity contribution in [2.45, 2.75) is 22.6 Å². The van der Waals surface area contributed by atoms with Crippen molar-refractivity contribution in [3.05, 3.63) is 97.4 Å². The molecule has 7 atom stereocenters. The Labute approximate surface area is 280 Å². The maximum Gasteiger partial charge on any atom is 0.305 e. The summed E-state index contributed by atoms with van der Waals surface area (Å²) in [5.74, 6) is -0.110. The molecule has 3 heterocycles. The molecule has 0 radical (unpaired) electrons. The average molecular weight is 719 g/mol. The van der Waals surface area contributed by atoms with Crippen LogP contribution in [0.2, 0.25) is 0 Å². The van der Waals surface area contributed by atoms with Crippen LogP contribution in [0.15, 0.2) is 87.1 Å². The molecule has 234 valence electrons. The fraction of sp³-hybridized carbons (Fsp3) is 0.294. The van der Waals surface area contributed by atoms with Crippen LogP contribution in [0.5, 0.6) is 11.5 Å². The molecule has 9 nitrogen and oxygen atoms in total. The van der Waals surface area contributed by atoms with E-state index in [0.29, 0.717) is 22.9 Å². The number of nitrogens with zero attached hydrogens (tertiary/aromatic N) is 1. The van der Waals surface area contributed by atoms with Crippen LogP contribution in [-0.4, -0.2) is 41.7 Å². The number of aromatic nitrogens is 1. The van der Waals surface area contributed by atoms with Gasteiger partial charge in [-0.1, -0.05) is 39.4 Å². The first-order chi connectivity index (χ1) is 22.3. The number of halogens is 1. The monoisotopic (exact) mass is 717 g/mol. The number of methoxy groups -OCH3 is 1. The molecule has 3 fully saturated rings. The summed E-state index contributed by atoms with van der Waals surface area (Å²) < 4.78 is 12.0. The topological polar surface area (TPSA) is 118 Å². The molecule has 2 aliphatic carbocycles. The molecule has 46 heavy (non-hydrogen) atoms. The van der Waals surface area contributed by atoms with Crippen molar-refractivity contribution in [3.63, 3.8) is 0 Å². The number of carbonyl (C=O) groups is 3. The number of benzene rings is 3. The zero-order valence-corrected chi connectivity index (χ0v) is 27.7. The standard InChI is InChI=1S/C34H28BrN3O6S2/c1-43-20-11-7-18(8-12-20)36-24(39)15-44-21-4-2-3-16(13-21)25-26-22-14-23(29(26)45-31-30(25)46-34(42)37-31)28-27(22)32(40)38(33(28)41)19-9-5-17(35)6-10-19/h2-13,22-23,25-29H,14-15H2,1H3,(H,36,39)(H,37,42)/t22?,23?,25-,26?,27?,28?,29?/m1/s1. The number of imide groups is 1. The lowest BCUT2D eigenvalue weighted by Gasteiger charge is -2.43. The molecule has 8 rings (SSSR count). The molecule has 2 saturated carbocycles. The minimum atomic E-state index is -0.385. The van der Waals surface area contributed by atoms with Gasteiger partial charge in [0.05, 0.1) is 29.7 Å². The van der Waals surface area contributed by atoms with Gasteiger partial charge in [0.1, 0.15) is 11.5 Å². The fourth-order valence-corrected chi connectivity index (χ4v) is 11.2. The Balaban J connectivity index is 1.07. The van der Waals surface area contributed by atoms with Crippen molar-refractivity contribution in [2.24, 2.45) is 29.6 Å². The highest BCUT2D eigenvalue weighted by atomic mass is 79.9. The van der Waals surface area contributed by atoms with Gasteiger partial charge >= 0.3 is 4.87 Å². The summed E-state index contributed by atoms with van der Waals surface area (Å²) in [5, 5.41) is 3.75. The van der Waals surface area contributed by atoms with Crippen LogP contribution in [0.1, 0.15) is 22.8 Å². The second kappa shape index (κ2) is 11.4. The average Bonchev–Trinajstić information content (AvgIpc) is 3.80. The van der Waals surface area contributed by atoms with Gasteiger partial charge in [0.25, 0.3) is 5.91 Å². The first-order valence-corrected chi connectivity index (χ1v) is 17.5. The Hall–Kier alpha value is -3.87. The van der Waals surface area contributed by atoms with Gasteiger partial charge in [0.15, 0.2) is 6.61 Å². The third kappa shape index (κ3) is 4.80. The summed E-state index contributed by atoms with van der Waals surface area (Å²) in [6, 6.07) is 22.0. The first-order valence-electron chi connectivity index (χ1n) is 15.0. The van der Waals surface area contributed by atoms with Crippen LogP contribution < -0.4 is 24.6 Å². The number of fused-ring (bicyclic) bond motifs is 9. The van der Waals surface area contributed by atoms with E-state index in [4.69, 9.17) is 9.47 Å². The van der Waals surface area contributed by atoms with Crippen LogP contribution >= 0.6 is 39.0 Å². The minimum absolute atomic E-state index is 0.000371. The molecule has 1 saturated heterocycles. The Kier molecular flexibility index (Phi) is 7.34. The van der Waals surface area contributed by atoms with Crippen molar-refractivity contribution < 1.29 is 23.9 Å². The first kappa shape index (κ1) is 29.5. The van der Waals surface area contributed by atoms with E-state index in [1.165, 1.54) is 16.2 Å². The number of thiazole rings is 1. The van der Waals surface area contributed by atoms with E-state index in [1.54, 1.807) is 55.3 Å². The summed E-state index contributed by atoms with van der Waals surface area (Å²) >= 11 is 6.31. The number of nitrogens with one attached hydrogen (secondary N) is 2. The summed E-state index contributed by atoms with van der Waals surface area (Å²) in [6.07, 6.45) is 0.806. The van der Waals surface area contributed by atoms with Crippen LogP contribution in [0.4, 0.5) is 11.4 Å². The smallest absolute Gasteiger partial charge is 0.305 e. The summed E-state index contributed by atoms with van der Waals surface area (Å²) in [4.78, 5) is 58.4. The second-order valence-electron chi connectivity index (χ2n) is 12.1. The molecule has 0 spiro atoms. The summed E-state index contributed by atoms with van der Waals surface area (Å²) in [6.45, 7) is -0.179. The number of aromatic amines is 1. The number of hydrogen-bond acceptors (Lipinski definition) is 8. The highest BCUT2D eigenvalue weighted by molar-refractivity contribution is 9.10. The van der Waals surface area contributed by atoms with Crippen LogP contribution in [-0.2, 0) is 14.4 Å². The number of amides is 3. The van der Waals surface area contributed by atoms with Crippen LogP contribution in [0, 0.1) is 29.6 Å². The van der Waals surface area contributed by atoms with Gasteiger partial charge in [-0.15, -0.1) is 11.8 Å². The highest BCUT2D eigenvalue weighted by Gasteiger charge is 2.69. The molecular weight excluding hydrogens is 690 g/mol. The number of carbonyl (C=O) groups excluding carboxylic acids is 3. The van der Waals surface area contributed by atoms with Crippen molar-refractivity contribution in [1.82, 2.24) is 4.98 Å². The summed E-state index contributed by atoms with van der Waals surface area (Å²) in [7, 11) is 1.58. The van der Waals surface area contributed by atoms with Gasteiger partial charge in [0.2, 0.25) is 11.8 Å². The number of anilines is 2. The molecule has 6 unspecified atom stereocenters. The highest BCUT2D eigenvalue weighted by Crippen LogP contribution is 2.68. The van der Waals surface area contributed by atoms with E-state index in [1.807, 2.05) is 36.4 Å². The molecule has 2 N–H and O–H groups in total. The number of H-pyrrole nitrogens is 1. The van der Waals surface area contributed by atoms with Crippen LogP contribution in [0.25, 0.3) is 0 Å². The second-order valence-corrected chi connectivity index (χ2v) is 15.2. The van der Waals surface area contributed by atoms with Crippen molar-refractivity contribution in [1.29, 1.82) is 0 Å². The lowest BCUT2D eigenvalue weighted by atomic mass is 9.68. The number of hydrogen-bond donors (Lipinski definition) is 2. The molecule has 3 amide bonds. The van der Waals surface area contributed by atoms with Crippen LogP contribution in [0.3, 0.4) is 0 Å². The van der Waals surface area contributed by atoms with E-state index in [0.717, 1.165) is 26.4 Å². The molecule has 4 aromatic rings. The maximum atomic E-state index is 14.0. The van der Waals surface area contributed by atoms with Gasteiger partial charge in [-0.3, -0.25) is 24.1 Å². The Morgan fingerprint density at radius 1 is 0.978 bits per heavy atom. The lowest BCUT2D eigenvalue weighted by Crippen LogP contribution is -2.42. The van der Waals surface area contributed by atoms with Gasteiger partial charge in [0, 0.05) is 26.2 Å². The number of ether oxygens (including phenoxy) is 2. The Morgan fingerprint density at radius 2 is 1.72 bits per heavy atom. The number of thioether (sulfide) groups is 1.